The molecule has 0 radical (unpaired) electrons. The molecule has 0 aliphatic carbocycles. The van der Waals surface area contributed by atoms with Crippen LogP contribution in [0.25, 0.3) is 0 Å². The molecule has 4 nitrogen and oxygen atoms in total. The molecule has 0 fully saturated rings. The van der Waals surface area contributed by atoms with Crippen LogP contribution < -0.4 is 10.1 Å². The van der Waals surface area contributed by atoms with Crippen LogP contribution in [-0.2, 0) is 11.3 Å². The molecule has 2 rings (SSSR count). The molecular weight excluding hydrogens is 371 g/mol. The van der Waals surface area contributed by atoms with Gasteiger partial charge in [0.2, 0.25) is 5.91 Å². The summed E-state index contributed by atoms with van der Waals surface area (Å²) in [7, 11) is 3.43. The molecule has 0 spiro atoms. The summed E-state index contributed by atoms with van der Waals surface area (Å²) in [5.41, 5.74) is 1.39. The SMILES string of the molecule is COc1ccc(Cl)cc1CN(C)CC(=O)Nc1cc(Cl)ccc1Cl. The van der Waals surface area contributed by atoms with Crippen molar-refractivity contribution >= 4 is 46.4 Å². The minimum absolute atomic E-state index is 0.179. The number of nitrogens with one attached hydrogen (secondary N) is 1. The Balaban J connectivity index is 1.99. The van der Waals surface area contributed by atoms with Crippen molar-refractivity contribution in [3.8, 4) is 5.75 Å². The fraction of sp³-hybridized carbons (Fsp3) is 0.235. The molecule has 0 saturated heterocycles. The fourth-order valence-electron chi connectivity index (χ4n) is 2.25. The summed E-state index contributed by atoms with van der Waals surface area (Å²) >= 11 is 18.0. The fourth-order valence-corrected chi connectivity index (χ4v) is 2.78. The Morgan fingerprint density at radius 2 is 1.79 bits per heavy atom. The quantitative estimate of drug-likeness (QED) is 0.779. The monoisotopic (exact) mass is 386 g/mol. The van der Waals surface area contributed by atoms with Crippen LogP contribution in [0.1, 0.15) is 5.56 Å². The van der Waals surface area contributed by atoms with Crippen molar-refractivity contribution in [1.29, 1.82) is 0 Å². The maximum Gasteiger partial charge on any atom is 0.238 e. The number of anilines is 1. The Labute approximate surface area is 156 Å². The van der Waals surface area contributed by atoms with Gasteiger partial charge in [0.05, 0.1) is 24.4 Å². The number of benzene rings is 2. The molecule has 0 unspecified atom stereocenters. The van der Waals surface area contributed by atoms with Gasteiger partial charge in [0.15, 0.2) is 0 Å². The van der Waals surface area contributed by atoms with E-state index < -0.39 is 0 Å². The zero-order valence-electron chi connectivity index (χ0n) is 13.3. The lowest BCUT2D eigenvalue weighted by atomic mass is 10.2. The second-order valence-corrected chi connectivity index (χ2v) is 6.58. The van der Waals surface area contributed by atoms with Gasteiger partial charge in [0, 0.05) is 22.2 Å². The summed E-state index contributed by atoms with van der Waals surface area (Å²) in [6, 6.07) is 10.3. The molecule has 0 heterocycles. The summed E-state index contributed by atoms with van der Waals surface area (Å²) in [6.07, 6.45) is 0. The number of hydrogen-bond acceptors (Lipinski definition) is 3. The highest BCUT2D eigenvalue weighted by molar-refractivity contribution is 6.35. The molecule has 24 heavy (non-hydrogen) atoms. The van der Waals surface area contributed by atoms with Gasteiger partial charge >= 0.3 is 0 Å². The highest BCUT2D eigenvalue weighted by Crippen LogP contribution is 2.26. The number of hydrogen-bond donors (Lipinski definition) is 1. The van der Waals surface area contributed by atoms with E-state index in [0.717, 1.165) is 11.3 Å². The maximum absolute atomic E-state index is 12.2. The molecule has 0 aliphatic rings. The van der Waals surface area contributed by atoms with Gasteiger partial charge in [0.25, 0.3) is 0 Å². The Bertz CT molecular complexity index is 738. The van der Waals surface area contributed by atoms with Gasteiger partial charge in [-0.1, -0.05) is 34.8 Å². The van der Waals surface area contributed by atoms with Gasteiger partial charge in [0.1, 0.15) is 5.75 Å². The highest BCUT2D eigenvalue weighted by atomic mass is 35.5. The van der Waals surface area contributed by atoms with Gasteiger partial charge in [-0.2, -0.15) is 0 Å². The van der Waals surface area contributed by atoms with E-state index in [9.17, 15) is 4.79 Å². The van der Waals surface area contributed by atoms with Crippen molar-refractivity contribution in [3.05, 3.63) is 57.0 Å². The number of likely N-dealkylation sites (N-methyl/N-ethyl adjacent to an activating group) is 1. The lowest BCUT2D eigenvalue weighted by molar-refractivity contribution is -0.117. The molecule has 0 aliphatic heterocycles. The van der Waals surface area contributed by atoms with Crippen LogP contribution in [-0.4, -0.2) is 31.5 Å². The van der Waals surface area contributed by atoms with Crippen molar-refractivity contribution in [2.75, 3.05) is 26.0 Å². The van der Waals surface area contributed by atoms with Crippen molar-refractivity contribution < 1.29 is 9.53 Å². The number of amides is 1. The highest BCUT2D eigenvalue weighted by Gasteiger charge is 2.12. The molecule has 128 valence electrons. The van der Waals surface area contributed by atoms with Crippen LogP contribution in [0.15, 0.2) is 36.4 Å². The van der Waals surface area contributed by atoms with Gasteiger partial charge in [-0.05, 0) is 43.4 Å². The number of methoxy groups -OCH3 is 1. The molecular formula is C17H17Cl3N2O2. The van der Waals surface area contributed by atoms with E-state index in [2.05, 4.69) is 5.32 Å². The van der Waals surface area contributed by atoms with Crippen LogP contribution in [0.4, 0.5) is 5.69 Å². The third-order valence-corrected chi connectivity index (χ3v) is 4.10. The Hall–Kier alpha value is -1.46. The minimum atomic E-state index is -0.192. The van der Waals surface area contributed by atoms with E-state index >= 15 is 0 Å². The van der Waals surface area contributed by atoms with Crippen molar-refractivity contribution in [3.63, 3.8) is 0 Å². The zero-order valence-corrected chi connectivity index (χ0v) is 15.5. The van der Waals surface area contributed by atoms with E-state index in [1.165, 1.54) is 0 Å². The molecule has 0 atom stereocenters. The molecule has 1 N–H and O–H groups in total. The minimum Gasteiger partial charge on any atom is -0.496 e. The van der Waals surface area contributed by atoms with Crippen molar-refractivity contribution in [2.45, 2.75) is 6.54 Å². The van der Waals surface area contributed by atoms with E-state index in [-0.39, 0.29) is 12.5 Å². The van der Waals surface area contributed by atoms with Gasteiger partial charge in [-0.15, -0.1) is 0 Å². The summed E-state index contributed by atoms with van der Waals surface area (Å²) in [5.74, 6) is 0.534. The number of ether oxygens (including phenoxy) is 1. The summed E-state index contributed by atoms with van der Waals surface area (Å²) in [6.45, 7) is 0.693. The topological polar surface area (TPSA) is 41.6 Å². The number of nitrogens with zero attached hydrogens (tertiary/aromatic N) is 1. The summed E-state index contributed by atoms with van der Waals surface area (Å²) < 4.78 is 5.31. The van der Waals surface area contributed by atoms with E-state index in [1.54, 1.807) is 37.4 Å². The van der Waals surface area contributed by atoms with Gasteiger partial charge in [-0.25, -0.2) is 0 Å². The second kappa shape index (κ2) is 8.58. The number of carbonyl (C=O) groups excluding carboxylic acids is 1. The predicted molar refractivity (Wildman–Crippen MR) is 99.4 cm³/mol. The summed E-state index contributed by atoms with van der Waals surface area (Å²) in [5, 5.41) is 4.32. The Morgan fingerprint density at radius 1 is 1.12 bits per heavy atom. The first-order chi connectivity index (χ1) is 11.4. The molecule has 1 amide bonds. The Kier molecular flexibility index (Phi) is 6.75. The van der Waals surface area contributed by atoms with E-state index in [4.69, 9.17) is 39.5 Å². The number of carbonyl (C=O) groups is 1. The molecule has 0 aromatic heterocycles. The van der Waals surface area contributed by atoms with Crippen LogP contribution in [0.2, 0.25) is 15.1 Å². The summed E-state index contributed by atoms with van der Waals surface area (Å²) in [4.78, 5) is 14.0. The zero-order chi connectivity index (χ0) is 17.7. The van der Waals surface area contributed by atoms with Gasteiger partial charge in [-0.3, -0.25) is 9.69 Å². The van der Waals surface area contributed by atoms with Crippen molar-refractivity contribution in [1.82, 2.24) is 4.90 Å². The van der Waals surface area contributed by atoms with Crippen LogP contribution in [0.3, 0.4) is 0 Å². The first kappa shape index (κ1) is 18.9. The third-order valence-electron chi connectivity index (χ3n) is 3.30. The Morgan fingerprint density at radius 3 is 2.50 bits per heavy atom. The van der Waals surface area contributed by atoms with Crippen molar-refractivity contribution in [2.24, 2.45) is 0 Å². The van der Waals surface area contributed by atoms with E-state index in [1.807, 2.05) is 18.0 Å². The standard InChI is InChI=1S/C17H17Cl3N2O2/c1-22(9-11-7-12(18)4-6-16(11)24-2)10-17(23)21-15-8-13(19)3-5-14(15)20/h3-8H,9-10H2,1-2H3,(H,21,23). The maximum atomic E-state index is 12.2. The number of rotatable bonds is 6. The largest absolute Gasteiger partial charge is 0.496 e. The molecule has 2 aromatic rings. The lowest BCUT2D eigenvalue weighted by Gasteiger charge is -2.18. The smallest absolute Gasteiger partial charge is 0.238 e. The van der Waals surface area contributed by atoms with Crippen LogP contribution in [0.5, 0.6) is 5.75 Å². The normalized spacial score (nSPS) is 10.8. The molecule has 2 aromatic carbocycles. The predicted octanol–water partition coefficient (Wildman–Crippen LogP) is 4.73. The van der Waals surface area contributed by atoms with E-state index in [0.29, 0.717) is 27.3 Å². The second-order valence-electron chi connectivity index (χ2n) is 5.30. The third kappa shape index (κ3) is 5.28. The average Bonchev–Trinajstić information content (AvgIpc) is 2.51. The van der Waals surface area contributed by atoms with Gasteiger partial charge < -0.3 is 10.1 Å². The number of halogens is 3. The molecule has 0 saturated carbocycles. The average molecular weight is 388 g/mol. The molecule has 7 heteroatoms. The van der Waals surface area contributed by atoms with Crippen LogP contribution in [0, 0.1) is 0 Å². The van der Waals surface area contributed by atoms with Crippen LogP contribution >= 0.6 is 34.8 Å². The molecule has 0 bridgehead atoms. The first-order valence-corrected chi connectivity index (χ1v) is 8.28. The first-order valence-electron chi connectivity index (χ1n) is 7.15. The lowest BCUT2D eigenvalue weighted by Crippen LogP contribution is -2.30.